The minimum Gasteiger partial charge on any atom is -0.458 e. The fraction of sp³-hybridized carbons (Fsp3) is 0.448. The molecule has 4 aliphatic rings. The number of carbonyl (C=O) groups excluding carboxylic acids is 2. The second-order valence-electron chi connectivity index (χ2n) is 10.8. The summed E-state index contributed by atoms with van der Waals surface area (Å²) in [5.41, 5.74) is 3.38. The van der Waals surface area contributed by atoms with E-state index in [1.807, 2.05) is 13.8 Å². The Labute approximate surface area is 229 Å². The molecule has 11 heteroatoms. The number of rotatable bonds is 3. The van der Waals surface area contributed by atoms with Gasteiger partial charge in [0.05, 0.1) is 47.1 Å². The zero-order valence-electron chi connectivity index (χ0n) is 22.8. The average molecular weight is 550 g/mol. The number of cyclic esters (lactones) is 1. The van der Waals surface area contributed by atoms with Crippen LogP contribution in [0.5, 0.6) is 11.5 Å². The van der Waals surface area contributed by atoms with Gasteiger partial charge < -0.3 is 34.3 Å². The molecular weight excluding hydrogens is 518 g/mol. The summed E-state index contributed by atoms with van der Waals surface area (Å²) in [4.78, 5) is 43.6. The van der Waals surface area contributed by atoms with Gasteiger partial charge in [-0.25, -0.2) is 9.78 Å². The molecule has 1 aliphatic carbocycles. The van der Waals surface area contributed by atoms with Crippen molar-refractivity contribution in [2.45, 2.75) is 65.8 Å². The van der Waals surface area contributed by atoms with Crippen LogP contribution in [0, 0.1) is 5.41 Å². The van der Waals surface area contributed by atoms with Gasteiger partial charge in [0.25, 0.3) is 5.56 Å². The molecule has 0 saturated heterocycles. The van der Waals surface area contributed by atoms with Crippen LogP contribution in [0.15, 0.2) is 16.9 Å². The molecule has 1 aromatic carbocycles. The van der Waals surface area contributed by atoms with E-state index in [1.165, 1.54) is 0 Å². The van der Waals surface area contributed by atoms with E-state index >= 15 is 0 Å². The summed E-state index contributed by atoms with van der Waals surface area (Å²) in [5.74, 6) is 0.180. The molecule has 40 heavy (non-hydrogen) atoms. The van der Waals surface area contributed by atoms with Crippen LogP contribution in [-0.2, 0) is 33.9 Å². The molecule has 2 unspecified atom stereocenters. The Morgan fingerprint density at radius 3 is 2.67 bits per heavy atom. The predicted molar refractivity (Wildman–Crippen MR) is 143 cm³/mol. The van der Waals surface area contributed by atoms with Gasteiger partial charge in [0.15, 0.2) is 17.6 Å². The fourth-order valence-corrected chi connectivity index (χ4v) is 5.91. The third kappa shape index (κ3) is 3.64. The van der Waals surface area contributed by atoms with E-state index in [9.17, 15) is 24.6 Å². The molecule has 0 radical (unpaired) electrons. The van der Waals surface area contributed by atoms with Crippen LogP contribution in [0.3, 0.4) is 0 Å². The molecular formula is C29H31N3O8. The van der Waals surface area contributed by atoms with E-state index in [4.69, 9.17) is 19.2 Å². The van der Waals surface area contributed by atoms with Crippen molar-refractivity contribution in [3.63, 3.8) is 0 Å². The van der Waals surface area contributed by atoms with E-state index in [2.05, 4.69) is 5.32 Å². The van der Waals surface area contributed by atoms with Gasteiger partial charge in [0.2, 0.25) is 12.7 Å². The number of hydrogen-bond donors (Lipinski definition) is 3. The normalized spacial score (nSPS) is 19.7. The summed E-state index contributed by atoms with van der Waals surface area (Å²) in [6.45, 7) is 7.17. The van der Waals surface area contributed by atoms with Crippen LogP contribution in [0.25, 0.3) is 22.3 Å². The molecule has 3 aromatic rings. The van der Waals surface area contributed by atoms with Crippen LogP contribution in [-0.4, -0.2) is 45.0 Å². The maximum Gasteiger partial charge on any atom is 0.340 e. The van der Waals surface area contributed by atoms with Crippen LogP contribution < -0.4 is 20.3 Å². The molecule has 210 valence electrons. The standard InChI is InChI=1S/C27H25N3O8.C2H6/c1-27(2,9-31)26(35)29-15-4-3-11-19-16(6-18-23(11)38-10-37-18)28-21-13(20(15)19)7-30-17(21)5-12-14(24(30)33)8-36-25(34)22(12)32;1-2/h5-6,15,22,31-32H,3-4,7-10H2,1-2H3,(H,29,35);1-2H3. The van der Waals surface area contributed by atoms with Crippen molar-refractivity contribution < 1.29 is 34.0 Å². The van der Waals surface area contributed by atoms with Crippen molar-refractivity contribution in [2.75, 3.05) is 13.4 Å². The van der Waals surface area contributed by atoms with Gasteiger partial charge in [0, 0.05) is 28.1 Å². The van der Waals surface area contributed by atoms with Gasteiger partial charge in [-0.05, 0) is 38.3 Å². The van der Waals surface area contributed by atoms with Gasteiger partial charge in [-0.2, -0.15) is 0 Å². The molecule has 7 rings (SSSR count). The third-order valence-electron chi connectivity index (χ3n) is 8.07. The number of nitrogens with one attached hydrogen (secondary N) is 1. The van der Waals surface area contributed by atoms with Crippen molar-refractivity contribution in [3.8, 4) is 22.9 Å². The molecule has 0 fully saturated rings. The number of carbonyl (C=O) groups is 2. The van der Waals surface area contributed by atoms with E-state index in [0.29, 0.717) is 41.2 Å². The topological polar surface area (TPSA) is 149 Å². The van der Waals surface area contributed by atoms with Gasteiger partial charge in [-0.3, -0.25) is 9.59 Å². The number of ether oxygens (including phenoxy) is 3. The lowest BCUT2D eigenvalue weighted by Crippen LogP contribution is -2.42. The Bertz CT molecular complexity index is 1660. The summed E-state index contributed by atoms with van der Waals surface area (Å²) >= 11 is 0. The quantitative estimate of drug-likeness (QED) is 0.328. The van der Waals surface area contributed by atoms with Crippen LogP contribution in [0.1, 0.15) is 74.1 Å². The van der Waals surface area contributed by atoms with E-state index in [-0.39, 0.29) is 49.1 Å². The number of hydrogen-bond acceptors (Lipinski definition) is 9. The van der Waals surface area contributed by atoms with Crippen molar-refractivity contribution in [1.82, 2.24) is 14.9 Å². The number of nitrogens with zero attached hydrogens (tertiary/aromatic N) is 2. The zero-order valence-corrected chi connectivity index (χ0v) is 22.8. The lowest BCUT2D eigenvalue weighted by atomic mass is 9.82. The molecule has 5 heterocycles. The maximum absolute atomic E-state index is 13.5. The highest BCUT2D eigenvalue weighted by Crippen LogP contribution is 2.50. The number of amides is 1. The number of aliphatic hydroxyl groups excluding tert-OH is 2. The van der Waals surface area contributed by atoms with E-state index in [1.54, 1.807) is 30.5 Å². The minimum atomic E-state index is -1.55. The Morgan fingerprint density at radius 2 is 1.93 bits per heavy atom. The summed E-state index contributed by atoms with van der Waals surface area (Å²) < 4.78 is 18.0. The van der Waals surface area contributed by atoms with Crippen molar-refractivity contribution in [1.29, 1.82) is 0 Å². The first-order valence-electron chi connectivity index (χ1n) is 13.5. The highest BCUT2D eigenvalue weighted by Gasteiger charge is 2.39. The first-order chi connectivity index (χ1) is 19.2. The summed E-state index contributed by atoms with van der Waals surface area (Å²) in [5, 5.41) is 24.2. The maximum atomic E-state index is 13.5. The number of benzene rings is 1. The minimum absolute atomic E-state index is 0.108. The predicted octanol–water partition coefficient (Wildman–Crippen LogP) is 2.39. The van der Waals surface area contributed by atoms with Gasteiger partial charge in [-0.1, -0.05) is 13.8 Å². The lowest BCUT2D eigenvalue weighted by molar-refractivity contribution is -0.157. The van der Waals surface area contributed by atoms with E-state index < -0.39 is 23.5 Å². The number of aryl methyl sites for hydroxylation is 1. The van der Waals surface area contributed by atoms with Crippen LogP contribution >= 0.6 is 0 Å². The first kappa shape index (κ1) is 26.3. The molecule has 2 aromatic heterocycles. The number of fused-ring (bicyclic) bond motifs is 7. The van der Waals surface area contributed by atoms with Crippen molar-refractivity contribution in [3.05, 3.63) is 50.3 Å². The molecule has 11 nitrogen and oxygen atoms in total. The molecule has 0 bridgehead atoms. The second-order valence-corrected chi connectivity index (χ2v) is 10.8. The Balaban J connectivity index is 0.00000142. The summed E-state index contributed by atoms with van der Waals surface area (Å²) in [6, 6.07) is 3.05. The van der Waals surface area contributed by atoms with Crippen molar-refractivity contribution in [2.24, 2.45) is 5.41 Å². The third-order valence-corrected chi connectivity index (χ3v) is 8.07. The fourth-order valence-electron chi connectivity index (χ4n) is 5.91. The van der Waals surface area contributed by atoms with Gasteiger partial charge >= 0.3 is 5.97 Å². The summed E-state index contributed by atoms with van der Waals surface area (Å²) in [6.07, 6.45) is -0.351. The molecule has 3 N–H and O–H groups in total. The van der Waals surface area contributed by atoms with Crippen LogP contribution in [0.2, 0.25) is 0 Å². The highest BCUT2D eigenvalue weighted by atomic mass is 16.7. The van der Waals surface area contributed by atoms with Crippen LogP contribution in [0.4, 0.5) is 0 Å². The Hall–Kier alpha value is -3.96. The molecule has 0 saturated carbocycles. The Kier molecular flexibility index (Phi) is 6.11. The second kappa shape index (κ2) is 9.31. The lowest BCUT2D eigenvalue weighted by Gasteiger charge is -2.31. The molecule has 3 aliphatic heterocycles. The van der Waals surface area contributed by atoms with Gasteiger partial charge in [-0.15, -0.1) is 0 Å². The smallest absolute Gasteiger partial charge is 0.340 e. The number of pyridine rings is 2. The Morgan fingerprint density at radius 1 is 1.15 bits per heavy atom. The van der Waals surface area contributed by atoms with Crippen molar-refractivity contribution >= 4 is 22.8 Å². The zero-order chi connectivity index (χ0) is 28.5. The monoisotopic (exact) mass is 549 g/mol. The largest absolute Gasteiger partial charge is 0.458 e. The molecule has 1 amide bonds. The number of aromatic nitrogens is 2. The SMILES string of the molecule is CC.CC(C)(CO)C(=O)NC1CCc2c3c(cc4nc5c(c1c24)Cn1c-5cc2c(c1=O)COC(=O)C2O)OCO3. The highest BCUT2D eigenvalue weighted by molar-refractivity contribution is 5.96. The number of aliphatic hydroxyl groups is 2. The molecule has 0 spiro atoms. The number of esters is 1. The average Bonchev–Trinajstić information content (AvgIpc) is 3.58. The van der Waals surface area contributed by atoms with E-state index in [0.717, 1.165) is 22.1 Å². The molecule has 2 atom stereocenters. The first-order valence-corrected chi connectivity index (χ1v) is 13.5. The summed E-state index contributed by atoms with van der Waals surface area (Å²) in [7, 11) is 0. The van der Waals surface area contributed by atoms with Gasteiger partial charge in [0.1, 0.15) is 6.61 Å².